The summed E-state index contributed by atoms with van der Waals surface area (Å²) in [5.74, 6) is -6.65. The minimum Gasteiger partial charge on any atom is -0.481 e. The number of carboxylic acid groups (broad SMARTS) is 2. The number of nitrogens with one attached hydrogen (secondary N) is 3. The third-order valence-electron chi connectivity index (χ3n) is 4.65. The summed E-state index contributed by atoms with van der Waals surface area (Å²) in [6.07, 6.45) is -2.74. The van der Waals surface area contributed by atoms with Crippen LogP contribution in [-0.4, -0.2) is 81.2 Å². The molecule has 5 atom stereocenters. The van der Waals surface area contributed by atoms with Crippen LogP contribution >= 0.6 is 0 Å². The second kappa shape index (κ2) is 14.0. The number of amides is 4. The normalized spacial score (nSPS) is 15.5. The highest BCUT2D eigenvalue weighted by molar-refractivity contribution is 5.94. The zero-order valence-electron chi connectivity index (χ0n) is 18.7. The number of aliphatic hydroxyl groups excluding tert-OH is 1. The molecule has 0 aromatic rings. The molecule has 0 aromatic heterocycles. The molecule has 33 heavy (non-hydrogen) atoms. The van der Waals surface area contributed by atoms with E-state index in [4.69, 9.17) is 16.6 Å². The van der Waals surface area contributed by atoms with Crippen LogP contribution in [0.1, 0.15) is 46.5 Å². The summed E-state index contributed by atoms with van der Waals surface area (Å²) >= 11 is 0. The Labute approximate surface area is 190 Å². The van der Waals surface area contributed by atoms with E-state index in [-0.39, 0.29) is 19.3 Å². The van der Waals surface area contributed by atoms with Crippen LogP contribution in [-0.2, 0) is 28.8 Å². The van der Waals surface area contributed by atoms with Crippen LogP contribution in [0.2, 0.25) is 0 Å². The van der Waals surface area contributed by atoms with Crippen LogP contribution in [0, 0.1) is 5.92 Å². The fourth-order valence-electron chi connectivity index (χ4n) is 2.62. The summed E-state index contributed by atoms with van der Waals surface area (Å²) in [7, 11) is 0. The monoisotopic (exact) mass is 475 g/mol. The molecule has 0 radical (unpaired) electrons. The van der Waals surface area contributed by atoms with Gasteiger partial charge in [-0.25, -0.2) is 4.79 Å². The maximum absolute atomic E-state index is 12.8. The molecular weight excluding hydrogens is 442 g/mol. The summed E-state index contributed by atoms with van der Waals surface area (Å²) in [6, 6.07) is -5.53. The molecular formula is C19H33N5O9. The molecule has 0 fully saturated rings. The quantitative estimate of drug-likeness (QED) is 0.119. The molecule has 0 aliphatic heterocycles. The lowest BCUT2D eigenvalue weighted by atomic mass is 10.0. The lowest BCUT2D eigenvalue weighted by Gasteiger charge is -2.26. The highest BCUT2D eigenvalue weighted by atomic mass is 16.4. The first-order valence-electron chi connectivity index (χ1n) is 10.2. The van der Waals surface area contributed by atoms with Crippen molar-refractivity contribution in [2.75, 3.05) is 0 Å². The van der Waals surface area contributed by atoms with E-state index in [1.54, 1.807) is 13.8 Å². The first-order chi connectivity index (χ1) is 15.2. The van der Waals surface area contributed by atoms with Crippen LogP contribution < -0.4 is 27.4 Å². The zero-order chi connectivity index (χ0) is 25.9. The molecule has 0 rings (SSSR count). The number of aliphatic carboxylic acids is 2. The van der Waals surface area contributed by atoms with Crippen molar-refractivity contribution in [3.8, 4) is 0 Å². The van der Waals surface area contributed by atoms with Gasteiger partial charge >= 0.3 is 11.9 Å². The molecule has 0 aromatic carbocycles. The van der Waals surface area contributed by atoms with Gasteiger partial charge in [-0.15, -0.1) is 0 Å². The molecule has 14 heteroatoms. The van der Waals surface area contributed by atoms with E-state index in [1.807, 2.05) is 0 Å². The molecule has 10 N–H and O–H groups in total. The summed E-state index contributed by atoms with van der Waals surface area (Å²) in [5, 5.41) is 34.4. The van der Waals surface area contributed by atoms with Gasteiger partial charge in [0.1, 0.15) is 24.2 Å². The lowest BCUT2D eigenvalue weighted by Crippen LogP contribution is -2.58. The predicted octanol–water partition coefficient (Wildman–Crippen LogP) is -2.98. The maximum Gasteiger partial charge on any atom is 0.326 e. The van der Waals surface area contributed by atoms with Crippen molar-refractivity contribution in [3.05, 3.63) is 0 Å². The van der Waals surface area contributed by atoms with Gasteiger partial charge in [0.25, 0.3) is 0 Å². The van der Waals surface area contributed by atoms with Crippen LogP contribution in [0.3, 0.4) is 0 Å². The second-order valence-corrected chi connectivity index (χ2v) is 7.89. The van der Waals surface area contributed by atoms with Gasteiger partial charge in [0, 0.05) is 12.8 Å². The van der Waals surface area contributed by atoms with Gasteiger partial charge in [-0.3, -0.25) is 24.0 Å². The van der Waals surface area contributed by atoms with Gasteiger partial charge in [-0.1, -0.05) is 13.8 Å². The van der Waals surface area contributed by atoms with Crippen LogP contribution in [0.5, 0.6) is 0 Å². The molecule has 0 saturated heterocycles. The summed E-state index contributed by atoms with van der Waals surface area (Å²) in [5.41, 5.74) is 10.6. The molecule has 0 aliphatic rings. The summed E-state index contributed by atoms with van der Waals surface area (Å²) in [4.78, 5) is 71.0. The van der Waals surface area contributed by atoms with Crippen molar-refractivity contribution in [1.82, 2.24) is 16.0 Å². The third kappa shape index (κ3) is 11.2. The minimum atomic E-state index is -1.44. The molecule has 0 bridgehead atoms. The SMILES string of the molecule is CC(C)C(NC(=O)C(CCC(N)=O)NC(=O)C(CCC(=O)O)NC(=O)C(N)C(C)O)C(=O)O. The standard InChI is InChI=1S/C19H33N5O9/c1-8(2)15(19(32)33)24-17(30)10(4-6-12(20)26)22-16(29)11(5-7-13(27)28)23-18(31)14(21)9(3)25/h8-11,14-15,25H,4-7,21H2,1-3H3,(H2,20,26)(H,22,29)(H,23,31)(H,24,30)(H,27,28)(H,32,33). The topological polar surface area (TPSA) is 251 Å². The van der Waals surface area contributed by atoms with E-state index >= 15 is 0 Å². The largest absolute Gasteiger partial charge is 0.481 e. The van der Waals surface area contributed by atoms with Crippen molar-refractivity contribution < 1.29 is 44.1 Å². The van der Waals surface area contributed by atoms with E-state index in [9.17, 15) is 39.0 Å². The molecule has 0 heterocycles. The molecule has 4 amide bonds. The number of nitrogens with two attached hydrogens (primary N) is 2. The lowest BCUT2D eigenvalue weighted by molar-refractivity contribution is -0.143. The average Bonchev–Trinajstić information content (AvgIpc) is 2.69. The number of carbonyl (C=O) groups is 6. The molecule has 0 saturated carbocycles. The highest BCUT2D eigenvalue weighted by Gasteiger charge is 2.32. The first kappa shape index (κ1) is 29.7. The molecule has 0 spiro atoms. The highest BCUT2D eigenvalue weighted by Crippen LogP contribution is 2.07. The van der Waals surface area contributed by atoms with Crippen LogP contribution in [0.4, 0.5) is 0 Å². The van der Waals surface area contributed by atoms with Crippen molar-refractivity contribution in [2.24, 2.45) is 17.4 Å². The Hall–Kier alpha value is -3.26. The van der Waals surface area contributed by atoms with Gasteiger partial charge in [0.2, 0.25) is 23.6 Å². The molecule has 188 valence electrons. The number of carbonyl (C=O) groups excluding carboxylic acids is 4. The van der Waals surface area contributed by atoms with Gasteiger partial charge < -0.3 is 42.7 Å². The summed E-state index contributed by atoms with van der Waals surface area (Å²) in [6.45, 7) is 4.35. The predicted molar refractivity (Wildman–Crippen MR) is 113 cm³/mol. The Bertz CT molecular complexity index is 741. The molecule has 5 unspecified atom stereocenters. The third-order valence-corrected chi connectivity index (χ3v) is 4.65. The Balaban J connectivity index is 5.63. The Morgan fingerprint density at radius 3 is 1.64 bits per heavy atom. The van der Waals surface area contributed by atoms with Gasteiger partial charge in [-0.2, -0.15) is 0 Å². The van der Waals surface area contributed by atoms with E-state index in [2.05, 4.69) is 16.0 Å². The van der Waals surface area contributed by atoms with E-state index in [0.717, 1.165) is 0 Å². The van der Waals surface area contributed by atoms with Crippen molar-refractivity contribution in [2.45, 2.75) is 76.7 Å². The first-order valence-corrected chi connectivity index (χ1v) is 10.2. The van der Waals surface area contributed by atoms with Crippen molar-refractivity contribution >= 4 is 35.6 Å². The average molecular weight is 475 g/mol. The van der Waals surface area contributed by atoms with Crippen molar-refractivity contribution in [3.63, 3.8) is 0 Å². The number of carboxylic acids is 2. The van der Waals surface area contributed by atoms with Crippen LogP contribution in [0.15, 0.2) is 0 Å². The number of primary amides is 1. The van der Waals surface area contributed by atoms with Gasteiger partial charge in [0.15, 0.2) is 0 Å². The number of hydrogen-bond donors (Lipinski definition) is 8. The van der Waals surface area contributed by atoms with Gasteiger partial charge in [0.05, 0.1) is 6.10 Å². The summed E-state index contributed by atoms with van der Waals surface area (Å²) < 4.78 is 0. The van der Waals surface area contributed by atoms with Crippen LogP contribution in [0.25, 0.3) is 0 Å². The van der Waals surface area contributed by atoms with E-state index < -0.39 is 78.2 Å². The smallest absolute Gasteiger partial charge is 0.326 e. The Kier molecular flexibility index (Phi) is 12.6. The number of aliphatic hydroxyl groups is 1. The fourth-order valence-corrected chi connectivity index (χ4v) is 2.62. The fraction of sp³-hybridized carbons (Fsp3) is 0.684. The van der Waals surface area contributed by atoms with Crippen molar-refractivity contribution in [1.29, 1.82) is 0 Å². The molecule has 0 aliphatic carbocycles. The second-order valence-electron chi connectivity index (χ2n) is 7.89. The molecule has 14 nitrogen and oxygen atoms in total. The minimum absolute atomic E-state index is 0.274. The number of hydrogen-bond acceptors (Lipinski definition) is 8. The van der Waals surface area contributed by atoms with E-state index in [0.29, 0.717) is 0 Å². The van der Waals surface area contributed by atoms with E-state index in [1.165, 1.54) is 6.92 Å². The maximum atomic E-state index is 12.8. The zero-order valence-corrected chi connectivity index (χ0v) is 18.7. The Morgan fingerprint density at radius 1 is 0.788 bits per heavy atom. The van der Waals surface area contributed by atoms with Gasteiger partial charge in [-0.05, 0) is 25.7 Å². The Morgan fingerprint density at radius 2 is 1.24 bits per heavy atom. The number of rotatable bonds is 15.